The Balaban J connectivity index is 1.89. The summed E-state index contributed by atoms with van der Waals surface area (Å²) in [5.41, 5.74) is 3.06. The van der Waals surface area contributed by atoms with Crippen LogP contribution in [0, 0.1) is 0 Å². The molecule has 0 radical (unpaired) electrons. The predicted molar refractivity (Wildman–Crippen MR) is 72.3 cm³/mol. The van der Waals surface area contributed by atoms with Crippen LogP contribution in [0.15, 0.2) is 4.42 Å². The third-order valence-corrected chi connectivity index (χ3v) is 3.70. The van der Waals surface area contributed by atoms with Crippen LogP contribution in [0.4, 0.5) is 6.01 Å². The van der Waals surface area contributed by atoms with Crippen LogP contribution in [0.25, 0.3) is 0 Å². The molecule has 3 rings (SSSR count). The van der Waals surface area contributed by atoms with Crippen molar-refractivity contribution in [2.45, 2.75) is 46.4 Å². The average molecular weight is 277 g/mol. The van der Waals surface area contributed by atoms with E-state index >= 15 is 0 Å². The minimum atomic E-state index is -0.0345. The Morgan fingerprint density at radius 3 is 2.80 bits per heavy atom. The number of aliphatic hydroxyl groups excluding tert-OH is 1. The van der Waals surface area contributed by atoms with Crippen molar-refractivity contribution in [2.24, 2.45) is 0 Å². The van der Waals surface area contributed by atoms with Crippen molar-refractivity contribution in [3.05, 3.63) is 22.8 Å². The Kier molecular flexibility index (Phi) is 3.43. The smallest absolute Gasteiger partial charge is 0.318 e. The molecule has 0 aliphatic carbocycles. The molecule has 2 aromatic rings. The van der Waals surface area contributed by atoms with Crippen LogP contribution in [0.1, 0.15) is 36.7 Å². The van der Waals surface area contributed by atoms with Gasteiger partial charge in [0.2, 0.25) is 5.89 Å². The molecule has 3 heterocycles. The fourth-order valence-corrected chi connectivity index (χ4v) is 2.63. The van der Waals surface area contributed by atoms with Gasteiger partial charge >= 0.3 is 6.01 Å². The summed E-state index contributed by atoms with van der Waals surface area (Å²) in [5.74, 6) is 0.650. The van der Waals surface area contributed by atoms with Crippen molar-refractivity contribution in [1.29, 1.82) is 0 Å². The lowest BCUT2D eigenvalue weighted by Crippen LogP contribution is -2.31. The molecular formula is C13H19N5O2. The summed E-state index contributed by atoms with van der Waals surface area (Å²) in [6, 6.07) is 0.556. The Bertz CT molecular complexity index is 604. The third-order valence-electron chi connectivity index (χ3n) is 3.70. The van der Waals surface area contributed by atoms with Gasteiger partial charge in [-0.25, -0.2) is 0 Å². The topological polar surface area (TPSA) is 80.2 Å². The van der Waals surface area contributed by atoms with Crippen molar-refractivity contribution in [3.63, 3.8) is 0 Å². The highest BCUT2D eigenvalue weighted by atomic mass is 16.4. The van der Waals surface area contributed by atoms with E-state index < -0.39 is 0 Å². The van der Waals surface area contributed by atoms with Gasteiger partial charge in [-0.15, -0.1) is 5.10 Å². The van der Waals surface area contributed by atoms with Crippen LogP contribution in [-0.2, 0) is 32.5 Å². The summed E-state index contributed by atoms with van der Waals surface area (Å²) in [5, 5.41) is 22.0. The normalized spacial score (nSPS) is 14.7. The predicted octanol–water partition coefficient (Wildman–Crippen LogP) is 0.903. The zero-order valence-corrected chi connectivity index (χ0v) is 11.8. The van der Waals surface area contributed by atoms with Gasteiger partial charge in [-0.05, 0) is 6.92 Å². The molecule has 7 heteroatoms. The molecule has 0 unspecified atom stereocenters. The van der Waals surface area contributed by atoms with Crippen LogP contribution < -0.4 is 4.90 Å². The Morgan fingerprint density at radius 1 is 1.30 bits per heavy atom. The Labute approximate surface area is 117 Å². The highest BCUT2D eigenvalue weighted by Gasteiger charge is 2.26. The van der Waals surface area contributed by atoms with Crippen LogP contribution in [-0.4, -0.2) is 31.6 Å². The number of hydrogen-bond donors (Lipinski definition) is 1. The first-order valence-electron chi connectivity index (χ1n) is 7.02. The first-order valence-corrected chi connectivity index (χ1v) is 7.02. The van der Waals surface area contributed by atoms with Gasteiger partial charge in [0, 0.05) is 37.2 Å². The number of aromatic nitrogens is 4. The molecule has 0 saturated heterocycles. The molecule has 108 valence electrons. The van der Waals surface area contributed by atoms with E-state index in [1.54, 1.807) is 0 Å². The minimum absolute atomic E-state index is 0.0345. The van der Waals surface area contributed by atoms with E-state index in [0.717, 1.165) is 37.2 Å². The molecule has 0 saturated carbocycles. The number of nitrogens with zero attached hydrogens (tertiary/aromatic N) is 5. The molecule has 0 aromatic carbocycles. The van der Waals surface area contributed by atoms with E-state index in [0.29, 0.717) is 18.5 Å². The second-order valence-corrected chi connectivity index (χ2v) is 4.85. The second kappa shape index (κ2) is 5.24. The van der Waals surface area contributed by atoms with E-state index in [-0.39, 0.29) is 6.61 Å². The van der Waals surface area contributed by atoms with Crippen molar-refractivity contribution in [2.75, 3.05) is 11.4 Å². The molecule has 0 spiro atoms. The number of fused-ring (bicyclic) bond motifs is 1. The Hall–Kier alpha value is -1.89. The van der Waals surface area contributed by atoms with Crippen LogP contribution in [0.2, 0.25) is 0 Å². The molecule has 0 fully saturated rings. The summed E-state index contributed by atoms with van der Waals surface area (Å²) < 4.78 is 7.58. The Morgan fingerprint density at radius 2 is 2.15 bits per heavy atom. The molecule has 0 atom stereocenters. The number of aryl methyl sites for hydroxylation is 2. The van der Waals surface area contributed by atoms with Crippen molar-refractivity contribution in [3.8, 4) is 0 Å². The van der Waals surface area contributed by atoms with E-state index in [1.165, 1.54) is 5.69 Å². The lowest BCUT2D eigenvalue weighted by atomic mass is 10.1. The van der Waals surface area contributed by atoms with E-state index in [4.69, 9.17) is 4.42 Å². The maximum Gasteiger partial charge on any atom is 0.318 e. The van der Waals surface area contributed by atoms with Gasteiger partial charge in [0.05, 0.1) is 18.8 Å². The highest BCUT2D eigenvalue weighted by molar-refractivity contribution is 5.37. The number of hydrogen-bond acceptors (Lipinski definition) is 6. The number of anilines is 1. The molecule has 1 aliphatic rings. The monoisotopic (exact) mass is 277 g/mol. The quantitative estimate of drug-likeness (QED) is 0.894. The van der Waals surface area contributed by atoms with Crippen molar-refractivity contribution in [1.82, 2.24) is 20.0 Å². The maximum atomic E-state index is 9.46. The first kappa shape index (κ1) is 13.1. The fraction of sp³-hybridized carbons (Fsp3) is 0.615. The largest absolute Gasteiger partial charge is 0.408 e. The van der Waals surface area contributed by atoms with Crippen molar-refractivity contribution < 1.29 is 9.52 Å². The van der Waals surface area contributed by atoms with Gasteiger partial charge in [0.25, 0.3) is 0 Å². The summed E-state index contributed by atoms with van der Waals surface area (Å²) in [6.07, 6.45) is 1.61. The first-order chi connectivity index (χ1) is 9.76. The molecular weight excluding hydrogens is 258 g/mol. The molecule has 1 N–H and O–H groups in total. The molecule has 2 aromatic heterocycles. The number of aliphatic hydroxyl groups is 1. The van der Waals surface area contributed by atoms with Gasteiger partial charge < -0.3 is 14.4 Å². The molecule has 0 amide bonds. The standard InChI is InChI=1S/C13H19N5O2/c1-3-12-14-15-13(20-12)17-6-5-11-9(7-17)10(8-19)16-18(11)4-2/h19H,3-8H2,1-2H3. The van der Waals surface area contributed by atoms with E-state index in [1.807, 2.05) is 11.6 Å². The van der Waals surface area contributed by atoms with E-state index in [2.05, 4.69) is 27.1 Å². The minimum Gasteiger partial charge on any atom is -0.408 e. The third kappa shape index (κ3) is 2.07. The fourth-order valence-electron chi connectivity index (χ4n) is 2.63. The second-order valence-electron chi connectivity index (χ2n) is 4.85. The maximum absolute atomic E-state index is 9.46. The molecule has 20 heavy (non-hydrogen) atoms. The highest BCUT2D eigenvalue weighted by Crippen LogP contribution is 2.26. The lowest BCUT2D eigenvalue weighted by Gasteiger charge is -2.25. The van der Waals surface area contributed by atoms with E-state index in [9.17, 15) is 5.11 Å². The van der Waals surface area contributed by atoms with Gasteiger partial charge in [0.15, 0.2) is 0 Å². The van der Waals surface area contributed by atoms with Gasteiger partial charge in [-0.2, -0.15) is 5.10 Å². The summed E-state index contributed by atoms with van der Waals surface area (Å²) in [4.78, 5) is 2.05. The zero-order valence-electron chi connectivity index (χ0n) is 11.8. The SMILES string of the molecule is CCc1nnc(N2CCc3c(c(CO)nn3CC)C2)o1. The van der Waals surface area contributed by atoms with Crippen LogP contribution in [0.5, 0.6) is 0 Å². The van der Waals surface area contributed by atoms with Crippen LogP contribution >= 0.6 is 0 Å². The average Bonchev–Trinajstić information content (AvgIpc) is 3.10. The number of rotatable bonds is 4. The molecule has 0 bridgehead atoms. The summed E-state index contributed by atoms with van der Waals surface area (Å²) in [6.45, 7) is 6.33. The molecule has 7 nitrogen and oxygen atoms in total. The summed E-state index contributed by atoms with van der Waals surface area (Å²) in [7, 11) is 0. The summed E-state index contributed by atoms with van der Waals surface area (Å²) >= 11 is 0. The van der Waals surface area contributed by atoms with Crippen molar-refractivity contribution >= 4 is 6.01 Å². The molecule has 1 aliphatic heterocycles. The lowest BCUT2D eigenvalue weighted by molar-refractivity contribution is 0.274. The van der Waals surface area contributed by atoms with Gasteiger partial charge in [0.1, 0.15) is 0 Å². The van der Waals surface area contributed by atoms with Gasteiger partial charge in [-0.3, -0.25) is 4.68 Å². The van der Waals surface area contributed by atoms with Crippen LogP contribution in [0.3, 0.4) is 0 Å². The van der Waals surface area contributed by atoms with Gasteiger partial charge in [-0.1, -0.05) is 12.0 Å². The zero-order chi connectivity index (χ0) is 14.1.